The SMILES string of the molecule is COc1ccc(C)cc1[C@@H]1OC(=O)NC1=O. The van der Waals surface area contributed by atoms with Gasteiger partial charge in [0.2, 0.25) is 6.10 Å². The number of cyclic esters (lactones) is 1. The number of ether oxygens (including phenoxy) is 2. The number of benzene rings is 1. The molecule has 0 saturated carbocycles. The lowest BCUT2D eigenvalue weighted by atomic mass is 10.1. The summed E-state index contributed by atoms with van der Waals surface area (Å²) in [5.74, 6) is 0.0642. The van der Waals surface area contributed by atoms with Crippen molar-refractivity contribution in [2.24, 2.45) is 0 Å². The number of amides is 2. The van der Waals surface area contributed by atoms with Crippen molar-refractivity contribution in [2.75, 3.05) is 7.11 Å². The fourth-order valence-electron chi connectivity index (χ4n) is 1.62. The molecule has 0 bridgehead atoms. The number of aryl methyl sites for hydroxylation is 1. The molecule has 2 amide bonds. The van der Waals surface area contributed by atoms with Crippen LogP contribution in [0.2, 0.25) is 0 Å². The van der Waals surface area contributed by atoms with E-state index in [-0.39, 0.29) is 0 Å². The van der Waals surface area contributed by atoms with Gasteiger partial charge in [-0.2, -0.15) is 0 Å². The molecule has 0 aromatic heterocycles. The van der Waals surface area contributed by atoms with Crippen LogP contribution in [0.25, 0.3) is 0 Å². The van der Waals surface area contributed by atoms with Gasteiger partial charge in [-0.15, -0.1) is 0 Å². The highest BCUT2D eigenvalue weighted by Crippen LogP contribution is 2.31. The van der Waals surface area contributed by atoms with Crippen molar-refractivity contribution in [1.29, 1.82) is 0 Å². The van der Waals surface area contributed by atoms with Crippen LogP contribution in [-0.4, -0.2) is 19.1 Å². The van der Waals surface area contributed by atoms with Crippen LogP contribution in [0.1, 0.15) is 17.2 Å². The third-order valence-electron chi connectivity index (χ3n) is 2.36. The zero-order chi connectivity index (χ0) is 11.7. The largest absolute Gasteiger partial charge is 0.496 e. The second-order valence-electron chi connectivity index (χ2n) is 3.52. The van der Waals surface area contributed by atoms with E-state index in [0.717, 1.165) is 5.56 Å². The van der Waals surface area contributed by atoms with E-state index in [2.05, 4.69) is 5.32 Å². The van der Waals surface area contributed by atoms with E-state index in [1.165, 1.54) is 7.11 Å². The van der Waals surface area contributed by atoms with E-state index in [0.29, 0.717) is 11.3 Å². The molecule has 0 unspecified atom stereocenters. The Kier molecular flexibility index (Phi) is 2.52. The molecule has 1 atom stereocenters. The fourth-order valence-corrected chi connectivity index (χ4v) is 1.62. The first-order valence-corrected chi connectivity index (χ1v) is 4.78. The van der Waals surface area contributed by atoms with Crippen LogP contribution in [-0.2, 0) is 9.53 Å². The zero-order valence-corrected chi connectivity index (χ0v) is 8.94. The van der Waals surface area contributed by atoms with E-state index in [1.807, 2.05) is 13.0 Å². The van der Waals surface area contributed by atoms with Gasteiger partial charge in [-0.05, 0) is 19.1 Å². The summed E-state index contributed by atoms with van der Waals surface area (Å²) < 4.78 is 10.0. The van der Waals surface area contributed by atoms with Crippen molar-refractivity contribution in [3.8, 4) is 5.75 Å². The molecular weight excluding hydrogens is 210 g/mol. The van der Waals surface area contributed by atoms with Crippen LogP contribution in [0.15, 0.2) is 18.2 Å². The maximum atomic E-state index is 11.5. The second kappa shape index (κ2) is 3.84. The van der Waals surface area contributed by atoms with Crippen LogP contribution in [0.3, 0.4) is 0 Å². The van der Waals surface area contributed by atoms with E-state index in [1.54, 1.807) is 12.1 Å². The van der Waals surface area contributed by atoms with Gasteiger partial charge in [-0.1, -0.05) is 11.6 Å². The van der Waals surface area contributed by atoms with E-state index >= 15 is 0 Å². The molecule has 1 N–H and O–H groups in total. The lowest BCUT2D eigenvalue weighted by Gasteiger charge is -2.12. The molecule has 1 aromatic rings. The van der Waals surface area contributed by atoms with Gasteiger partial charge in [0.15, 0.2) is 0 Å². The van der Waals surface area contributed by atoms with Gasteiger partial charge in [0, 0.05) is 5.56 Å². The van der Waals surface area contributed by atoms with Crippen molar-refractivity contribution < 1.29 is 19.1 Å². The average molecular weight is 221 g/mol. The lowest BCUT2D eigenvalue weighted by Crippen LogP contribution is -2.20. The molecule has 0 aliphatic carbocycles. The van der Waals surface area contributed by atoms with E-state index in [4.69, 9.17) is 9.47 Å². The van der Waals surface area contributed by atoms with Gasteiger partial charge >= 0.3 is 6.09 Å². The van der Waals surface area contributed by atoms with Gasteiger partial charge in [0.25, 0.3) is 5.91 Å². The van der Waals surface area contributed by atoms with Crippen LogP contribution >= 0.6 is 0 Å². The summed E-state index contributed by atoms with van der Waals surface area (Å²) in [6.07, 6.45) is -1.64. The van der Waals surface area contributed by atoms with E-state index in [9.17, 15) is 9.59 Å². The highest BCUT2D eigenvalue weighted by atomic mass is 16.6. The van der Waals surface area contributed by atoms with Crippen molar-refractivity contribution in [3.05, 3.63) is 29.3 Å². The summed E-state index contributed by atoms with van der Waals surface area (Å²) in [6, 6.07) is 5.36. The first-order valence-electron chi connectivity index (χ1n) is 4.78. The Morgan fingerprint density at radius 1 is 1.38 bits per heavy atom. The summed E-state index contributed by atoms with van der Waals surface area (Å²) in [5, 5.41) is 2.08. The smallest absolute Gasteiger partial charge is 0.415 e. The molecule has 5 heteroatoms. The summed E-state index contributed by atoms with van der Waals surface area (Å²) in [7, 11) is 1.50. The quantitative estimate of drug-likeness (QED) is 0.817. The van der Waals surface area contributed by atoms with Crippen LogP contribution < -0.4 is 10.1 Å². The van der Waals surface area contributed by atoms with Crippen molar-refractivity contribution >= 4 is 12.0 Å². The van der Waals surface area contributed by atoms with Gasteiger partial charge < -0.3 is 9.47 Å². The highest BCUT2D eigenvalue weighted by molar-refractivity contribution is 6.00. The number of carbonyl (C=O) groups excluding carboxylic acids is 2. The minimum atomic E-state index is -0.914. The first-order chi connectivity index (χ1) is 7.61. The molecule has 2 rings (SSSR count). The molecule has 0 radical (unpaired) electrons. The molecule has 1 fully saturated rings. The standard InChI is InChI=1S/C11H11NO4/c1-6-3-4-8(15-2)7(5-6)9-10(13)12-11(14)16-9/h3-5,9H,1-2H3,(H,12,13,14)/t9-/m0/s1. The van der Waals surface area contributed by atoms with Gasteiger partial charge in [-0.3, -0.25) is 10.1 Å². The summed E-state index contributed by atoms with van der Waals surface area (Å²) >= 11 is 0. The molecule has 5 nitrogen and oxygen atoms in total. The van der Waals surface area contributed by atoms with Gasteiger partial charge in [-0.25, -0.2) is 4.79 Å². The number of hydrogen-bond donors (Lipinski definition) is 1. The number of rotatable bonds is 2. The molecule has 1 saturated heterocycles. The van der Waals surface area contributed by atoms with Crippen LogP contribution in [0, 0.1) is 6.92 Å². The Morgan fingerprint density at radius 3 is 2.69 bits per heavy atom. The van der Waals surface area contributed by atoms with Gasteiger partial charge in [0.05, 0.1) is 7.11 Å². The van der Waals surface area contributed by atoms with Crippen molar-refractivity contribution in [3.63, 3.8) is 0 Å². The number of carbonyl (C=O) groups is 2. The number of alkyl carbamates (subject to hydrolysis) is 1. The van der Waals surface area contributed by atoms with E-state index < -0.39 is 18.1 Å². The van der Waals surface area contributed by atoms with Crippen molar-refractivity contribution in [1.82, 2.24) is 5.32 Å². The Morgan fingerprint density at radius 2 is 2.12 bits per heavy atom. The zero-order valence-electron chi connectivity index (χ0n) is 8.94. The molecule has 1 heterocycles. The maximum absolute atomic E-state index is 11.5. The maximum Gasteiger partial charge on any atom is 0.415 e. The second-order valence-corrected chi connectivity index (χ2v) is 3.52. The molecule has 1 aliphatic rings. The Bertz CT molecular complexity index is 455. The molecule has 16 heavy (non-hydrogen) atoms. The van der Waals surface area contributed by atoms with Crippen LogP contribution in [0.5, 0.6) is 5.75 Å². The lowest BCUT2D eigenvalue weighted by molar-refractivity contribution is -0.123. The molecular formula is C11H11NO4. The Balaban J connectivity index is 2.42. The van der Waals surface area contributed by atoms with Crippen LogP contribution in [0.4, 0.5) is 4.79 Å². The normalized spacial score (nSPS) is 19.2. The number of hydrogen-bond acceptors (Lipinski definition) is 4. The Hall–Kier alpha value is -2.04. The minimum Gasteiger partial charge on any atom is -0.496 e. The summed E-state index contributed by atoms with van der Waals surface area (Å²) in [4.78, 5) is 22.4. The third-order valence-corrected chi connectivity index (χ3v) is 2.36. The van der Waals surface area contributed by atoms with Gasteiger partial charge in [0.1, 0.15) is 5.75 Å². The molecule has 1 aromatic carbocycles. The predicted octanol–water partition coefficient (Wildman–Crippen LogP) is 1.31. The Labute approximate surface area is 92.4 Å². The molecule has 0 spiro atoms. The minimum absolute atomic E-state index is 0.464. The number of imide groups is 1. The molecule has 84 valence electrons. The number of nitrogens with one attached hydrogen (secondary N) is 1. The topological polar surface area (TPSA) is 64.6 Å². The first kappa shape index (κ1) is 10.5. The number of methoxy groups -OCH3 is 1. The fraction of sp³-hybridized carbons (Fsp3) is 0.273. The highest BCUT2D eigenvalue weighted by Gasteiger charge is 2.35. The summed E-state index contributed by atoms with van der Waals surface area (Å²) in [6.45, 7) is 1.89. The third kappa shape index (κ3) is 1.71. The molecule has 1 aliphatic heterocycles. The monoisotopic (exact) mass is 221 g/mol. The average Bonchev–Trinajstić information content (AvgIpc) is 2.57. The summed E-state index contributed by atoms with van der Waals surface area (Å²) in [5.41, 5.74) is 1.53. The predicted molar refractivity (Wildman–Crippen MR) is 55.1 cm³/mol. The van der Waals surface area contributed by atoms with Crippen molar-refractivity contribution in [2.45, 2.75) is 13.0 Å².